The van der Waals surface area contributed by atoms with Crippen LogP contribution in [0.2, 0.25) is 5.02 Å². The molecule has 0 amide bonds. The van der Waals surface area contributed by atoms with E-state index in [1.54, 1.807) is 6.07 Å². The largest absolute Gasteiger partial charge is 0.299 e. The van der Waals surface area contributed by atoms with Gasteiger partial charge < -0.3 is 0 Å². The van der Waals surface area contributed by atoms with Gasteiger partial charge in [-0.3, -0.25) is 4.90 Å². The molecule has 1 atom stereocenters. The topological polar surface area (TPSA) is 27.0 Å². The van der Waals surface area contributed by atoms with E-state index in [4.69, 9.17) is 16.9 Å². The third kappa shape index (κ3) is 3.48. The summed E-state index contributed by atoms with van der Waals surface area (Å²) in [6, 6.07) is 7.71. The average molecular weight is 263 g/mol. The summed E-state index contributed by atoms with van der Waals surface area (Å²) in [6.07, 6.45) is 3.88. The Balaban J connectivity index is 2.03. The molecule has 1 aromatic rings. The Labute approximate surface area is 114 Å². The Morgan fingerprint density at radius 3 is 2.94 bits per heavy atom. The van der Waals surface area contributed by atoms with Crippen molar-refractivity contribution in [2.24, 2.45) is 5.92 Å². The molecule has 96 valence electrons. The lowest BCUT2D eigenvalue weighted by atomic mass is 10.0. The molecule has 1 aliphatic rings. The molecule has 18 heavy (non-hydrogen) atoms. The maximum atomic E-state index is 8.82. The van der Waals surface area contributed by atoms with E-state index >= 15 is 0 Å². The number of nitriles is 1. The summed E-state index contributed by atoms with van der Waals surface area (Å²) in [5.74, 6) is 0.839. The molecule has 1 fully saturated rings. The summed E-state index contributed by atoms with van der Waals surface area (Å²) >= 11 is 6.22. The van der Waals surface area contributed by atoms with Crippen molar-refractivity contribution in [3.63, 3.8) is 0 Å². The van der Waals surface area contributed by atoms with Crippen LogP contribution in [0.1, 0.15) is 37.3 Å². The number of rotatable bonds is 2. The van der Waals surface area contributed by atoms with E-state index in [9.17, 15) is 0 Å². The maximum absolute atomic E-state index is 8.82. The van der Waals surface area contributed by atoms with Crippen LogP contribution in [0.5, 0.6) is 0 Å². The lowest BCUT2D eigenvalue weighted by molar-refractivity contribution is 0.274. The van der Waals surface area contributed by atoms with Crippen LogP contribution in [0.25, 0.3) is 0 Å². The standard InChI is InChI=1S/C15H19ClN2/c1-12-3-2-7-18(8-6-12)11-14-5-4-13(10-17)9-15(14)16/h4-5,9,12H,2-3,6-8,11H2,1H3. The minimum Gasteiger partial charge on any atom is -0.299 e. The highest BCUT2D eigenvalue weighted by molar-refractivity contribution is 6.31. The van der Waals surface area contributed by atoms with Gasteiger partial charge in [-0.15, -0.1) is 0 Å². The second-order valence-electron chi connectivity index (χ2n) is 5.23. The molecule has 0 aromatic heterocycles. The third-order valence-electron chi connectivity index (χ3n) is 3.69. The Kier molecular flexibility index (Phi) is 4.63. The van der Waals surface area contributed by atoms with Gasteiger partial charge in [-0.25, -0.2) is 0 Å². The van der Waals surface area contributed by atoms with Crippen LogP contribution in [-0.4, -0.2) is 18.0 Å². The highest BCUT2D eigenvalue weighted by Crippen LogP contribution is 2.22. The molecule has 0 radical (unpaired) electrons. The van der Waals surface area contributed by atoms with Gasteiger partial charge in [0, 0.05) is 11.6 Å². The molecular formula is C15H19ClN2. The SMILES string of the molecule is CC1CCCN(Cc2ccc(C#N)cc2Cl)CC1. The number of hydrogen-bond acceptors (Lipinski definition) is 2. The Morgan fingerprint density at radius 2 is 2.22 bits per heavy atom. The van der Waals surface area contributed by atoms with E-state index in [-0.39, 0.29) is 0 Å². The van der Waals surface area contributed by atoms with Crippen molar-refractivity contribution in [2.45, 2.75) is 32.7 Å². The predicted molar refractivity (Wildman–Crippen MR) is 74.5 cm³/mol. The molecule has 0 spiro atoms. The van der Waals surface area contributed by atoms with Crippen molar-refractivity contribution in [1.29, 1.82) is 5.26 Å². The molecule has 0 aliphatic carbocycles. The van der Waals surface area contributed by atoms with Gasteiger partial charge in [-0.1, -0.05) is 24.6 Å². The van der Waals surface area contributed by atoms with Crippen molar-refractivity contribution in [3.8, 4) is 6.07 Å². The molecular weight excluding hydrogens is 244 g/mol. The highest BCUT2D eigenvalue weighted by atomic mass is 35.5. The summed E-state index contributed by atoms with van der Waals surface area (Å²) in [6.45, 7) is 5.54. The van der Waals surface area contributed by atoms with Gasteiger partial charge in [0.05, 0.1) is 11.6 Å². The van der Waals surface area contributed by atoms with Crippen LogP contribution in [0, 0.1) is 17.2 Å². The molecule has 1 aromatic carbocycles. The first-order valence-electron chi connectivity index (χ1n) is 6.60. The summed E-state index contributed by atoms with van der Waals surface area (Å²) in [5, 5.41) is 9.54. The molecule has 1 aliphatic heterocycles. The van der Waals surface area contributed by atoms with Gasteiger partial charge in [0.2, 0.25) is 0 Å². The minimum atomic E-state index is 0.633. The molecule has 0 saturated carbocycles. The molecule has 0 bridgehead atoms. The molecule has 0 N–H and O–H groups in total. The van der Waals surface area contributed by atoms with Crippen LogP contribution >= 0.6 is 11.6 Å². The van der Waals surface area contributed by atoms with E-state index in [1.165, 1.54) is 19.3 Å². The molecule has 1 heterocycles. The van der Waals surface area contributed by atoms with Crippen LogP contribution in [0.15, 0.2) is 18.2 Å². The number of hydrogen-bond donors (Lipinski definition) is 0. The summed E-state index contributed by atoms with van der Waals surface area (Å²) < 4.78 is 0. The smallest absolute Gasteiger partial charge is 0.0992 e. The lowest BCUT2D eigenvalue weighted by Crippen LogP contribution is -2.24. The average Bonchev–Trinajstić information content (AvgIpc) is 2.57. The molecule has 1 unspecified atom stereocenters. The number of likely N-dealkylation sites (tertiary alicyclic amines) is 1. The second kappa shape index (κ2) is 6.22. The predicted octanol–water partition coefficient (Wildman–Crippen LogP) is 3.83. The van der Waals surface area contributed by atoms with Gasteiger partial charge in [-0.2, -0.15) is 5.26 Å². The van der Waals surface area contributed by atoms with Crippen molar-refractivity contribution < 1.29 is 0 Å². The lowest BCUT2D eigenvalue weighted by Gasteiger charge is -2.20. The Morgan fingerprint density at radius 1 is 1.39 bits per heavy atom. The van der Waals surface area contributed by atoms with Crippen molar-refractivity contribution >= 4 is 11.6 Å². The van der Waals surface area contributed by atoms with Crippen molar-refractivity contribution in [3.05, 3.63) is 34.3 Å². The monoisotopic (exact) mass is 262 g/mol. The first kappa shape index (κ1) is 13.4. The minimum absolute atomic E-state index is 0.633. The number of benzene rings is 1. The van der Waals surface area contributed by atoms with Gasteiger partial charge in [0.15, 0.2) is 0 Å². The fraction of sp³-hybridized carbons (Fsp3) is 0.533. The summed E-state index contributed by atoms with van der Waals surface area (Å²) in [5.41, 5.74) is 1.76. The molecule has 2 nitrogen and oxygen atoms in total. The van der Waals surface area contributed by atoms with Crippen LogP contribution in [0.3, 0.4) is 0 Å². The van der Waals surface area contributed by atoms with Crippen molar-refractivity contribution in [1.82, 2.24) is 4.90 Å². The third-order valence-corrected chi connectivity index (χ3v) is 4.04. The fourth-order valence-corrected chi connectivity index (χ4v) is 2.71. The quantitative estimate of drug-likeness (QED) is 0.810. The summed E-state index contributed by atoms with van der Waals surface area (Å²) in [7, 11) is 0. The number of halogens is 1. The molecule has 2 rings (SSSR count). The van der Waals surface area contributed by atoms with Gasteiger partial charge in [-0.05, 0) is 56.0 Å². The second-order valence-corrected chi connectivity index (χ2v) is 5.64. The zero-order valence-corrected chi connectivity index (χ0v) is 11.6. The fourth-order valence-electron chi connectivity index (χ4n) is 2.47. The highest BCUT2D eigenvalue weighted by Gasteiger charge is 2.14. The Bertz CT molecular complexity index is 450. The Hall–Kier alpha value is -1.04. The number of nitrogens with zero attached hydrogens (tertiary/aromatic N) is 2. The maximum Gasteiger partial charge on any atom is 0.0992 e. The van der Waals surface area contributed by atoms with Crippen LogP contribution in [-0.2, 0) is 6.54 Å². The van der Waals surface area contributed by atoms with Gasteiger partial charge in [0.1, 0.15) is 0 Å². The molecule has 1 saturated heterocycles. The van der Waals surface area contributed by atoms with E-state index in [1.807, 2.05) is 12.1 Å². The zero-order valence-electron chi connectivity index (χ0n) is 10.8. The van der Waals surface area contributed by atoms with Gasteiger partial charge >= 0.3 is 0 Å². The molecule has 3 heteroatoms. The van der Waals surface area contributed by atoms with Gasteiger partial charge in [0.25, 0.3) is 0 Å². The van der Waals surface area contributed by atoms with E-state index < -0.39 is 0 Å². The van der Waals surface area contributed by atoms with E-state index in [0.717, 1.165) is 31.1 Å². The van der Waals surface area contributed by atoms with Crippen LogP contribution in [0.4, 0.5) is 0 Å². The first-order valence-corrected chi connectivity index (χ1v) is 6.97. The van der Waals surface area contributed by atoms with E-state index in [0.29, 0.717) is 10.6 Å². The zero-order chi connectivity index (χ0) is 13.0. The normalized spacial score (nSPS) is 21.3. The van der Waals surface area contributed by atoms with Crippen molar-refractivity contribution in [2.75, 3.05) is 13.1 Å². The summed E-state index contributed by atoms with van der Waals surface area (Å²) in [4.78, 5) is 2.47. The first-order chi connectivity index (χ1) is 8.69. The van der Waals surface area contributed by atoms with E-state index in [2.05, 4.69) is 17.9 Å². The van der Waals surface area contributed by atoms with Crippen LogP contribution < -0.4 is 0 Å².